The van der Waals surface area contributed by atoms with Crippen LogP contribution in [0.1, 0.15) is 67.6 Å². The molecule has 1 aromatic heterocycles. The van der Waals surface area contributed by atoms with Gasteiger partial charge in [0.25, 0.3) is 0 Å². The van der Waals surface area contributed by atoms with Gasteiger partial charge in [-0.1, -0.05) is 13.8 Å². The van der Waals surface area contributed by atoms with Crippen molar-refractivity contribution in [3.8, 4) is 0 Å². The minimum absolute atomic E-state index is 0.164. The van der Waals surface area contributed by atoms with Crippen LogP contribution in [-0.2, 0) is 0 Å². The number of anilines is 2. The van der Waals surface area contributed by atoms with Gasteiger partial charge in [0.1, 0.15) is 0 Å². The topological polar surface area (TPSA) is 55.1 Å². The van der Waals surface area contributed by atoms with Crippen molar-refractivity contribution in [2.45, 2.75) is 58.4 Å². The van der Waals surface area contributed by atoms with E-state index in [0.29, 0.717) is 18.4 Å². The molecule has 1 aromatic rings. The number of carbonyl (C=O) groups excluding carboxylic acids is 1. The lowest BCUT2D eigenvalue weighted by Crippen LogP contribution is -2.13. The molecule has 1 atom stereocenters. The summed E-state index contributed by atoms with van der Waals surface area (Å²) < 4.78 is 0. The number of nitrogen functional groups attached to an aromatic ring is 1. The number of rotatable bonds is 6. The maximum atomic E-state index is 11.9. The van der Waals surface area contributed by atoms with E-state index in [4.69, 9.17) is 5.73 Å². The smallest absolute Gasteiger partial charge is 0.174 e. The largest absolute Gasteiger partial charge is 0.397 e. The van der Waals surface area contributed by atoms with Gasteiger partial charge in [-0.15, -0.1) is 11.3 Å². The fourth-order valence-corrected chi connectivity index (χ4v) is 3.36. The lowest BCUT2D eigenvalue weighted by Gasteiger charge is -2.13. The van der Waals surface area contributed by atoms with Crippen molar-refractivity contribution in [2.24, 2.45) is 0 Å². The SMILES string of the molecule is CCC(=O)c1sc(NC(C)CC)c(C2CC2)c1N. The summed E-state index contributed by atoms with van der Waals surface area (Å²) >= 11 is 1.55. The summed E-state index contributed by atoms with van der Waals surface area (Å²) in [7, 11) is 0. The molecule has 0 aliphatic heterocycles. The van der Waals surface area contributed by atoms with Gasteiger partial charge in [0, 0.05) is 18.0 Å². The Hall–Kier alpha value is -1.03. The average molecular weight is 266 g/mol. The van der Waals surface area contributed by atoms with E-state index < -0.39 is 0 Å². The van der Waals surface area contributed by atoms with Crippen LogP contribution in [0.15, 0.2) is 0 Å². The van der Waals surface area contributed by atoms with Gasteiger partial charge < -0.3 is 11.1 Å². The molecule has 18 heavy (non-hydrogen) atoms. The summed E-state index contributed by atoms with van der Waals surface area (Å²) in [4.78, 5) is 12.7. The number of nitrogens with one attached hydrogen (secondary N) is 1. The van der Waals surface area contributed by atoms with Gasteiger partial charge in [-0.05, 0) is 32.1 Å². The second-order valence-electron chi connectivity index (χ2n) is 5.09. The number of nitrogens with two attached hydrogens (primary N) is 1. The summed E-state index contributed by atoms with van der Waals surface area (Å²) in [6.45, 7) is 6.21. The third-order valence-electron chi connectivity index (χ3n) is 3.53. The summed E-state index contributed by atoms with van der Waals surface area (Å²) in [5.41, 5.74) is 8.13. The van der Waals surface area contributed by atoms with Crippen molar-refractivity contribution < 1.29 is 4.79 Å². The second-order valence-corrected chi connectivity index (χ2v) is 6.11. The molecule has 3 nitrogen and oxygen atoms in total. The van der Waals surface area contributed by atoms with E-state index in [1.165, 1.54) is 18.4 Å². The molecule has 100 valence electrons. The number of thiophene rings is 1. The predicted molar refractivity (Wildman–Crippen MR) is 78.7 cm³/mol. The molecule has 1 fully saturated rings. The number of hydrogen-bond acceptors (Lipinski definition) is 4. The molecule has 1 aliphatic carbocycles. The molecule has 4 heteroatoms. The Labute approximate surface area is 113 Å². The fraction of sp³-hybridized carbons (Fsp3) is 0.643. The fourth-order valence-electron chi connectivity index (χ4n) is 2.03. The number of ketones is 1. The van der Waals surface area contributed by atoms with Crippen molar-refractivity contribution in [3.05, 3.63) is 10.4 Å². The standard InChI is InChI=1S/C14H22N2OS/c1-4-8(3)16-14-11(9-6-7-9)12(15)13(18-14)10(17)5-2/h8-9,16H,4-7,15H2,1-3H3. The van der Waals surface area contributed by atoms with Gasteiger partial charge in [0.05, 0.1) is 15.6 Å². The number of hydrogen-bond donors (Lipinski definition) is 2. The van der Waals surface area contributed by atoms with Crippen molar-refractivity contribution in [1.29, 1.82) is 0 Å². The van der Waals surface area contributed by atoms with Gasteiger partial charge in [0.2, 0.25) is 0 Å². The molecule has 0 aromatic carbocycles. The molecule has 0 radical (unpaired) electrons. The zero-order valence-electron chi connectivity index (χ0n) is 11.4. The molecule has 3 N–H and O–H groups in total. The normalized spacial score (nSPS) is 16.6. The summed E-state index contributed by atoms with van der Waals surface area (Å²) in [6.07, 6.45) is 4.00. The van der Waals surface area contributed by atoms with E-state index in [2.05, 4.69) is 19.2 Å². The Kier molecular flexibility index (Phi) is 3.95. The molecule has 0 saturated heterocycles. The molecule has 1 aliphatic rings. The third-order valence-corrected chi connectivity index (χ3v) is 4.73. The first-order chi connectivity index (χ1) is 8.58. The average Bonchev–Trinajstić information content (AvgIpc) is 3.14. The summed E-state index contributed by atoms with van der Waals surface area (Å²) in [6, 6.07) is 0.421. The van der Waals surface area contributed by atoms with Crippen LogP contribution >= 0.6 is 11.3 Å². The molecule has 1 saturated carbocycles. The third kappa shape index (κ3) is 2.53. The highest BCUT2D eigenvalue weighted by atomic mass is 32.1. The van der Waals surface area contributed by atoms with E-state index in [1.54, 1.807) is 11.3 Å². The van der Waals surface area contributed by atoms with E-state index in [-0.39, 0.29) is 5.78 Å². The molecule has 1 unspecified atom stereocenters. The van der Waals surface area contributed by atoms with E-state index >= 15 is 0 Å². The molecular weight excluding hydrogens is 244 g/mol. The molecule has 0 amide bonds. The van der Waals surface area contributed by atoms with Crippen molar-refractivity contribution in [1.82, 2.24) is 0 Å². The zero-order valence-corrected chi connectivity index (χ0v) is 12.2. The van der Waals surface area contributed by atoms with Gasteiger partial charge in [-0.2, -0.15) is 0 Å². The number of carbonyl (C=O) groups is 1. The first kappa shape index (κ1) is 13.4. The van der Waals surface area contributed by atoms with Crippen molar-refractivity contribution in [2.75, 3.05) is 11.1 Å². The predicted octanol–water partition coefficient (Wildman–Crippen LogP) is 4.01. The molecular formula is C14H22N2OS. The highest BCUT2D eigenvalue weighted by molar-refractivity contribution is 7.18. The maximum absolute atomic E-state index is 11.9. The van der Waals surface area contributed by atoms with Crippen molar-refractivity contribution in [3.63, 3.8) is 0 Å². The van der Waals surface area contributed by atoms with E-state index in [0.717, 1.165) is 22.0 Å². The lowest BCUT2D eigenvalue weighted by molar-refractivity contribution is 0.0993. The Morgan fingerprint density at radius 2 is 2.17 bits per heavy atom. The van der Waals surface area contributed by atoms with Gasteiger partial charge in [0.15, 0.2) is 5.78 Å². The summed E-state index contributed by atoms with van der Waals surface area (Å²) in [5.74, 6) is 0.739. The molecule has 1 heterocycles. The first-order valence-electron chi connectivity index (χ1n) is 6.80. The van der Waals surface area contributed by atoms with Crippen LogP contribution in [0.25, 0.3) is 0 Å². The van der Waals surface area contributed by atoms with E-state index in [1.807, 2.05) is 6.92 Å². The zero-order chi connectivity index (χ0) is 13.3. The first-order valence-corrected chi connectivity index (χ1v) is 7.61. The van der Waals surface area contributed by atoms with Gasteiger partial charge in [-0.3, -0.25) is 4.79 Å². The van der Waals surface area contributed by atoms with Crippen LogP contribution in [0, 0.1) is 0 Å². The van der Waals surface area contributed by atoms with Crippen LogP contribution < -0.4 is 11.1 Å². The minimum Gasteiger partial charge on any atom is -0.397 e. The van der Waals surface area contributed by atoms with Gasteiger partial charge in [-0.25, -0.2) is 0 Å². The maximum Gasteiger partial charge on any atom is 0.174 e. The van der Waals surface area contributed by atoms with Crippen LogP contribution in [0.4, 0.5) is 10.7 Å². The summed E-state index contributed by atoms with van der Waals surface area (Å²) in [5, 5.41) is 4.63. The number of Topliss-reactive ketones (excluding diaryl/α,β-unsaturated/α-hetero) is 1. The minimum atomic E-state index is 0.164. The van der Waals surface area contributed by atoms with Gasteiger partial charge >= 0.3 is 0 Å². The Morgan fingerprint density at radius 3 is 2.67 bits per heavy atom. The highest BCUT2D eigenvalue weighted by Gasteiger charge is 2.32. The monoisotopic (exact) mass is 266 g/mol. The Bertz CT molecular complexity index is 449. The van der Waals surface area contributed by atoms with Crippen LogP contribution in [0.2, 0.25) is 0 Å². The van der Waals surface area contributed by atoms with Crippen molar-refractivity contribution >= 4 is 27.8 Å². The molecule has 0 bridgehead atoms. The highest BCUT2D eigenvalue weighted by Crippen LogP contribution is 2.51. The molecule has 2 rings (SSSR count). The van der Waals surface area contributed by atoms with Crippen LogP contribution in [-0.4, -0.2) is 11.8 Å². The quantitative estimate of drug-likeness (QED) is 0.765. The second kappa shape index (κ2) is 5.31. The van der Waals surface area contributed by atoms with E-state index in [9.17, 15) is 4.79 Å². The van der Waals surface area contributed by atoms with Crippen LogP contribution in [0.3, 0.4) is 0 Å². The Balaban J connectivity index is 2.34. The molecule has 0 spiro atoms. The Morgan fingerprint density at radius 1 is 1.50 bits per heavy atom. The van der Waals surface area contributed by atoms with Crippen LogP contribution in [0.5, 0.6) is 0 Å². The lowest BCUT2D eigenvalue weighted by atomic mass is 10.1.